The summed E-state index contributed by atoms with van der Waals surface area (Å²) in [4.78, 5) is 18.4. The SMILES string of the molecule is Clc1ccc2c(c1)C1=Cc3nc1c-2c1ccc([nH]1)c(-c1ccccc1)c1nc(c(-c2ccccc2)c2ccc([nH]2)c3-c2ccccc2)C=C1. The van der Waals surface area contributed by atoms with Crippen molar-refractivity contribution in [3.63, 3.8) is 0 Å². The van der Waals surface area contributed by atoms with Gasteiger partial charge in [0.25, 0.3) is 0 Å². The minimum absolute atomic E-state index is 0.700. The van der Waals surface area contributed by atoms with E-state index in [1.165, 1.54) is 0 Å². The first kappa shape index (κ1) is 27.8. The Kier molecular flexibility index (Phi) is 6.20. The highest BCUT2D eigenvalue weighted by molar-refractivity contribution is 6.31. The molecule has 7 aromatic rings. The first-order valence-corrected chi connectivity index (χ1v) is 16.7. The number of aromatic nitrogens is 4. The van der Waals surface area contributed by atoms with Crippen LogP contribution >= 0.6 is 11.6 Å². The number of nitrogens with zero attached hydrogens (tertiary/aromatic N) is 2. The maximum Gasteiger partial charge on any atom is 0.0816 e. The van der Waals surface area contributed by atoms with E-state index in [9.17, 15) is 0 Å². The number of fused-ring (bicyclic) bond motifs is 11. The maximum atomic E-state index is 6.63. The second kappa shape index (κ2) is 10.9. The zero-order valence-corrected chi connectivity index (χ0v) is 27.0. The number of H-pyrrole nitrogens is 2. The van der Waals surface area contributed by atoms with Crippen molar-refractivity contribution in [2.24, 2.45) is 0 Å². The molecular formula is C44H27ClN4. The summed E-state index contributed by atoms with van der Waals surface area (Å²) in [5, 5.41) is 0.700. The van der Waals surface area contributed by atoms with Crippen LogP contribution in [0.1, 0.15) is 28.3 Å². The van der Waals surface area contributed by atoms with E-state index in [0.29, 0.717) is 5.02 Å². The monoisotopic (exact) mass is 646 g/mol. The van der Waals surface area contributed by atoms with Crippen molar-refractivity contribution in [2.45, 2.75) is 0 Å². The Balaban J connectivity index is 1.42. The second-order valence-electron chi connectivity index (χ2n) is 12.5. The molecule has 0 atom stereocenters. The topological polar surface area (TPSA) is 57.4 Å². The van der Waals surface area contributed by atoms with Gasteiger partial charge in [-0.3, -0.25) is 0 Å². The van der Waals surface area contributed by atoms with E-state index in [-0.39, 0.29) is 0 Å². The lowest BCUT2D eigenvalue weighted by atomic mass is 10.0. The van der Waals surface area contributed by atoms with Gasteiger partial charge in [-0.05, 0) is 82.4 Å². The molecule has 0 saturated carbocycles. The number of rotatable bonds is 3. The molecule has 1 aliphatic carbocycles. The van der Waals surface area contributed by atoms with E-state index in [2.05, 4.69) is 137 Å². The Morgan fingerprint density at radius 3 is 1.41 bits per heavy atom. The van der Waals surface area contributed by atoms with Crippen LogP contribution in [0.3, 0.4) is 0 Å². The maximum absolute atomic E-state index is 6.63. The Bertz CT molecular complexity index is 2700. The molecule has 0 unspecified atom stereocenters. The van der Waals surface area contributed by atoms with Gasteiger partial charge in [0.05, 0.1) is 22.8 Å². The van der Waals surface area contributed by atoms with E-state index >= 15 is 0 Å². The molecule has 2 aliphatic heterocycles. The molecule has 0 spiro atoms. The Morgan fingerprint density at radius 2 is 0.898 bits per heavy atom. The molecule has 8 bridgehead atoms. The van der Waals surface area contributed by atoms with Gasteiger partial charge < -0.3 is 9.97 Å². The Labute approximate surface area is 287 Å². The minimum atomic E-state index is 0.700. The number of benzene rings is 4. The van der Waals surface area contributed by atoms with Gasteiger partial charge >= 0.3 is 0 Å². The molecular weight excluding hydrogens is 620 g/mol. The van der Waals surface area contributed by atoms with Gasteiger partial charge in [0.15, 0.2) is 0 Å². The van der Waals surface area contributed by atoms with Crippen molar-refractivity contribution in [3.8, 4) is 44.5 Å². The van der Waals surface area contributed by atoms with Gasteiger partial charge in [-0.15, -0.1) is 0 Å². The number of nitrogens with one attached hydrogen (secondary N) is 2. The summed E-state index contributed by atoms with van der Waals surface area (Å²) >= 11 is 6.63. The van der Waals surface area contributed by atoms with Crippen LogP contribution in [0.25, 0.3) is 90.4 Å². The predicted molar refractivity (Wildman–Crippen MR) is 204 cm³/mol. The third-order valence-corrected chi connectivity index (χ3v) is 9.83. The largest absolute Gasteiger partial charge is 0.354 e. The van der Waals surface area contributed by atoms with E-state index in [1.54, 1.807) is 0 Å². The molecule has 5 heteroatoms. The van der Waals surface area contributed by atoms with Gasteiger partial charge in [-0.2, -0.15) is 0 Å². The molecule has 0 fully saturated rings. The third kappa shape index (κ3) is 4.46. The summed E-state index contributed by atoms with van der Waals surface area (Å²) in [6, 6.07) is 46.3. The molecule has 0 amide bonds. The smallest absolute Gasteiger partial charge is 0.0816 e. The number of aromatic amines is 2. The Morgan fingerprint density at radius 1 is 0.429 bits per heavy atom. The summed E-state index contributed by atoms with van der Waals surface area (Å²) in [6.45, 7) is 0. The molecule has 5 heterocycles. The summed E-state index contributed by atoms with van der Waals surface area (Å²) in [5.41, 5.74) is 18.3. The molecule has 0 radical (unpaired) electrons. The molecule has 4 nitrogen and oxygen atoms in total. The van der Waals surface area contributed by atoms with Crippen LogP contribution < -0.4 is 0 Å². The van der Waals surface area contributed by atoms with Crippen LogP contribution in [0, 0.1) is 0 Å². The van der Waals surface area contributed by atoms with Gasteiger partial charge in [0, 0.05) is 54.9 Å². The van der Waals surface area contributed by atoms with Crippen molar-refractivity contribution >= 4 is 57.5 Å². The number of hydrogen-bond acceptors (Lipinski definition) is 2. The zero-order valence-electron chi connectivity index (χ0n) is 26.2. The summed E-state index contributed by atoms with van der Waals surface area (Å²) < 4.78 is 0. The fraction of sp³-hybridized carbons (Fsp3) is 0. The van der Waals surface area contributed by atoms with Crippen molar-refractivity contribution in [2.75, 3.05) is 0 Å². The summed E-state index contributed by atoms with van der Waals surface area (Å²) in [7, 11) is 0. The first-order valence-electron chi connectivity index (χ1n) is 16.4. The van der Waals surface area contributed by atoms with E-state index in [4.69, 9.17) is 21.6 Å². The summed E-state index contributed by atoms with van der Waals surface area (Å²) in [6.07, 6.45) is 6.48. The third-order valence-electron chi connectivity index (χ3n) is 9.59. The molecule has 3 aromatic heterocycles. The highest BCUT2D eigenvalue weighted by Gasteiger charge is 2.30. The fourth-order valence-corrected chi connectivity index (χ4v) is 7.62. The fourth-order valence-electron chi connectivity index (χ4n) is 7.45. The van der Waals surface area contributed by atoms with Crippen molar-refractivity contribution in [1.29, 1.82) is 0 Å². The average molecular weight is 647 g/mol. The normalized spacial score (nSPS) is 12.6. The predicted octanol–water partition coefficient (Wildman–Crippen LogP) is 11.7. The van der Waals surface area contributed by atoms with E-state index < -0.39 is 0 Å². The highest BCUT2D eigenvalue weighted by Crippen LogP contribution is 2.49. The van der Waals surface area contributed by atoms with Crippen LogP contribution in [0.2, 0.25) is 5.02 Å². The molecule has 4 aromatic carbocycles. The van der Waals surface area contributed by atoms with E-state index in [0.717, 1.165) is 100 Å². The van der Waals surface area contributed by atoms with Gasteiger partial charge in [0.2, 0.25) is 0 Å². The molecule has 49 heavy (non-hydrogen) atoms. The lowest BCUT2D eigenvalue weighted by molar-refractivity contribution is 1.31. The highest BCUT2D eigenvalue weighted by atomic mass is 35.5. The van der Waals surface area contributed by atoms with Crippen LogP contribution in [0.15, 0.2) is 133 Å². The number of halogens is 1. The average Bonchev–Trinajstić information content (AvgIpc) is 3.98. The lowest BCUT2D eigenvalue weighted by Gasteiger charge is -2.06. The number of hydrogen-bond donors (Lipinski definition) is 2. The van der Waals surface area contributed by atoms with E-state index in [1.807, 2.05) is 24.3 Å². The van der Waals surface area contributed by atoms with Crippen molar-refractivity contribution in [1.82, 2.24) is 19.9 Å². The van der Waals surface area contributed by atoms with Gasteiger partial charge in [0.1, 0.15) is 0 Å². The molecule has 10 rings (SSSR count). The van der Waals surface area contributed by atoms with Crippen LogP contribution in [0.4, 0.5) is 0 Å². The standard InChI is InChI=1S/C44H27ClN4/c45-29-16-17-30-31(24-29)32-25-39-42(28-14-8-3-9-15-28)37-21-20-35(47-37)40(26-10-4-1-5-11-26)33-18-19-34(46-33)41(27-12-6-2-7-13-27)36-22-23-38(48-36)43(30)44(32)49-39/h1-25,47-48H. The van der Waals surface area contributed by atoms with Gasteiger partial charge in [-0.25, -0.2) is 9.97 Å². The molecule has 3 aliphatic rings. The van der Waals surface area contributed by atoms with Crippen molar-refractivity contribution in [3.05, 3.63) is 167 Å². The van der Waals surface area contributed by atoms with Gasteiger partial charge in [-0.1, -0.05) is 109 Å². The molecule has 2 N–H and O–H groups in total. The Hall–Kier alpha value is -6.23. The zero-order chi connectivity index (χ0) is 32.5. The van der Waals surface area contributed by atoms with Crippen LogP contribution in [-0.4, -0.2) is 19.9 Å². The lowest BCUT2D eigenvalue weighted by Crippen LogP contribution is -1.89. The summed E-state index contributed by atoms with van der Waals surface area (Å²) in [5.74, 6) is 0. The first-order chi connectivity index (χ1) is 24.2. The minimum Gasteiger partial charge on any atom is -0.354 e. The van der Waals surface area contributed by atoms with Crippen molar-refractivity contribution < 1.29 is 0 Å². The quantitative estimate of drug-likeness (QED) is 0.201. The van der Waals surface area contributed by atoms with Crippen LogP contribution in [0.5, 0.6) is 0 Å². The van der Waals surface area contributed by atoms with Crippen LogP contribution in [-0.2, 0) is 0 Å². The second-order valence-corrected chi connectivity index (χ2v) is 12.9. The molecule has 230 valence electrons. The molecule has 0 saturated heterocycles.